The van der Waals surface area contributed by atoms with Gasteiger partial charge >= 0.3 is 0 Å². The lowest BCUT2D eigenvalue weighted by Crippen LogP contribution is -2.54. The van der Waals surface area contributed by atoms with Crippen molar-refractivity contribution in [1.29, 1.82) is 0 Å². The zero-order valence-electron chi connectivity index (χ0n) is 12.4. The third-order valence-corrected chi connectivity index (χ3v) is 3.85. The fourth-order valence-electron chi connectivity index (χ4n) is 2.32. The number of ether oxygens (including phenoxy) is 1. The molecular weight excluding hydrogens is 254 g/mol. The zero-order chi connectivity index (χ0) is 14.8. The molecule has 1 aliphatic heterocycles. The molecule has 0 saturated carbocycles. The molecule has 1 heterocycles. The number of anilines is 2. The van der Waals surface area contributed by atoms with Crippen molar-refractivity contribution < 1.29 is 9.53 Å². The van der Waals surface area contributed by atoms with Gasteiger partial charge in [-0.1, -0.05) is 0 Å². The smallest absolute Gasteiger partial charge is 0.254 e. The van der Waals surface area contributed by atoms with Crippen LogP contribution in [0.4, 0.5) is 11.4 Å². The van der Waals surface area contributed by atoms with Crippen molar-refractivity contribution >= 4 is 17.3 Å². The molecule has 0 bridgehead atoms. The van der Waals surface area contributed by atoms with Gasteiger partial charge in [0.25, 0.3) is 5.91 Å². The molecule has 1 fully saturated rings. The molecule has 1 saturated heterocycles. The Hall–Kier alpha value is -1.75. The Morgan fingerprint density at radius 2 is 1.70 bits per heavy atom. The van der Waals surface area contributed by atoms with Crippen molar-refractivity contribution in [1.82, 2.24) is 4.90 Å². The first kappa shape index (κ1) is 14.7. The molecule has 0 aromatic heterocycles. The number of nitrogen functional groups attached to an aromatic ring is 1. The summed E-state index contributed by atoms with van der Waals surface area (Å²) in [6.45, 7) is 6.71. The first-order valence-corrected chi connectivity index (χ1v) is 6.89. The summed E-state index contributed by atoms with van der Waals surface area (Å²) in [7, 11) is 1.57. The molecular formula is C15H23N3O2. The molecule has 1 aromatic carbocycles. The van der Waals surface area contributed by atoms with E-state index in [4.69, 9.17) is 10.5 Å². The molecule has 20 heavy (non-hydrogen) atoms. The van der Waals surface area contributed by atoms with E-state index in [-0.39, 0.29) is 5.91 Å². The second-order valence-corrected chi connectivity index (χ2v) is 5.59. The minimum absolute atomic E-state index is 0.0527. The molecule has 2 rings (SSSR count). The van der Waals surface area contributed by atoms with Gasteiger partial charge in [-0.15, -0.1) is 0 Å². The fourth-order valence-corrected chi connectivity index (χ4v) is 2.32. The highest BCUT2D eigenvalue weighted by Gasteiger charge is 2.33. The average molecular weight is 277 g/mol. The number of nitrogens with zero attached hydrogens (tertiary/aromatic N) is 2. The van der Waals surface area contributed by atoms with Gasteiger partial charge in [0.2, 0.25) is 0 Å². The van der Waals surface area contributed by atoms with Crippen LogP contribution in [0, 0.1) is 0 Å². The van der Waals surface area contributed by atoms with Crippen LogP contribution in [-0.4, -0.2) is 49.7 Å². The van der Waals surface area contributed by atoms with Crippen molar-refractivity contribution in [3.8, 4) is 0 Å². The van der Waals surface area contributed by atoms with Gasteiger partial charge in [-0.3, -0.25) is 4.79 Å². The van der Waals surface area contributed by atoms with E-state index < -0.39 is 5.60 Å². The molecule has 5 nitrogen and oxygen atoms in total. The zero-order valence-corrected chi connectivity index (χ0v) is 12.4. The highest BCUT2D eigenvalue weighted by Crippen LogP contribution is 2.20. The first-order chi connectivity index (χ1) is 9.44. The predicted octanol–water partition coefficient (Wildman–Crippen LogP) is 1.34. The van der Waals surface area contributed by atoms with Crippen molar-refractivity contribution in [3.63, 3.8) is 0 Å². The number of methoxy groups -OCH3 is 1. The average Bonchev–Trinajstić information content (AvgIpc) is 2.47. The van der Waals surface area contributed by atoms with E-state index in [0.717, 1.165) is 37.6 Å². The van der Waals surface area contributed by atoms with Gasteiger partial charge in [-0.2, -0.15) is 0 Å². The van der Waals surface area contributed by atoms with Gasteiger partial charge in [0.15, 0.2) is 0 Å². The largest absolute Gasteiger partial charge is 0.399 e. The highest BCUT2D eigenvalue weighted by molar-refractivity contribution is 5.84. The standard InChI is InChI=1S/C15H23N3O2/c1-15(2,20-3)14(19)18-10-8-17(9-11-18)13-6-4-12(16)5-7-13/h4-7H,8-11,16H2,1-3H3. The second kappa shape index (κ2) is 5.71. The minimum atomic E-state index is -0.747. The molecule has 1 aliphatic rings. The number of hydrogen-bond donors (Lipinski definition) is 1. The van der Waals surface area contributed by atoms with E-state index in [2.05, 4.69) is 4.90 Å². The predicted molar refractivity (Wildman–Crippen MR) is 80.7 cm³/mol. The fraction of sp³-hybridized carbons (Fsp3) is 0.533. The molecule has 110 valence electrons. The van der Waals surface area contributed by atoms with Crippen molar-refractivity contribution in [2.45, 2.75) is 19.4 Å². The Balaban J connectivity index is 1.96. The Kier molecular flexibility index (Phi) is 4.18. The van der Waals surface area contributed by atoms with Crippen LogP contribution in [0.5, 0.6) is 0 Å². The number of nitrogens with two attached hydrogens (primary N) is 1. The second-order valence-electron chi connectivity index (χ2n) is 5.59. The molecule has 0 spiro atoms. The van der Waals surface area contributed by atoms with E-state index in [1.807, 2.05) is 43.0 Å². The third kappa shape index (κ3) is 3.04. The van der Waals surface area contributed by atoms with Crippen molar-refractivity contribution in [2.24, 2.45) is 0 Å². The first-order valence-electron chi connectivity index (χ1n) is 6.89. The monoisotopic (exact) mass is 277 g/mol. The van der Waals surface area contributed by atoms with E-state index in [1.165, 1.54) is 0 Å². The lowest BCUT2D eigenvalue weighted by molar-refractivity contribution is -0.151. The molecule has 5 heteroatoms. The van der Waals surface area contributed by atoms with Crippen LogP contribution in [-0.2, 0) is 9.53 Å². The summed E-state index contributed by atoms with van der Waals surface area (Å²) < 4.78 is 5.26. The van der Waals surface area contributed by atoms with Gasteiger partial charge in [0.05, 0.1) is 0 Å². The Labute approximate surface area is 120 Å². The molecule has 0 radical (unpaired) electrons. The topological polar surface area (TPSA) is 58.8 Å². The number of hydrogen-bond acceptors (Lipinski definition) is 4. The normalized spacial score (nSPS) is 16.4. The lowest BCUT2D eigenvalue weighted by Gasteiger charge is -2.39. The summed E-state index contributed by atoms with van der Waals surface area (Å²) in [5.74, 6) is 0.0527. The number of carbonyl (C=O) groups excluding carboxylic acids is 1. The number of amides is 1. The SMILES string of the molecule is COC(C)(C)C(=O)N1CCN(c2ccc(N)cc2)CC1. The van der Waals surface area contributed by atoms with Gasteiger partial charge < -0.3 is 20.3 Å². The van der Waals surface area contributed by atoms with E-state index in [1.54, 1.807) is 7.11 Å². The number of carbonyl (C=O) groups is 1. The van der Waals surface area contributed by atoms with Crippen LogP contribution in [0.1, 0.15) is 13.8 Å². The number of rotatable bonds is 3. The van der Waals surface area contributed by atoms with Crippen molar-refractivity contribution in [2.75, 3.05) is 43.9 Å². The number of piperazine rings is 1. The summed E-state index contributed by atoms with van der Waals surface area (Å²) in [4.78, 5) is 16.4. The quantitative estimate of drug-likeness (QED) is 0.847. The maximum Gasteiger partial charge on any atom is 0.254 e. The molecule has 2 N–H and O–H groups in total. The van der Waals surface area contributed by atoms with Gasteiger partial charge in [0, 0.05) is 44.7 Å². The van der Waals surface area contributed by atoms with Crippen LogP contribution in [0.25, 0.3) is 0 Å². The molecule has 1 aromatic rings. The van der Waals surface area contributed by atoms with Crippen LogP contribution in [0.3, 0.4) is 0 Å². The third-order valence-electron chi connectivity index (χ3n) is 3.85. The number of benzene rings is 1. The highest BCUT2D eigenvalue weighted by atomic mass is 16.5. The van der Waals surface area contributed by atoms with E-state index in [9.17, 15) is 4.79 Å². The van der Waals surface area contributed by atoms with Crippen molar-refractivity contribution in [3.05, 3.63) is 24.3 Å². The Bertz CT molecular complexity index is 463. The maximum absolute atomic E-state index is 12.3. The Morgan fingerprint density at radius 1 is 1.15 bits per heavy atom. The summed E-state index contributed by atoms with van der Waals surface area (Å²) in [5.41, 5.74) is 6.87. The molecule has 0 aliphatic carbocycles. The van der Waals surface area contributed by atoms with E-state index in [0.29, 0.717) is 0 Å². The minimum Gasteiger partial charge on any atom is -0.399 e. The van der Waals surface area contributed by atoms with Gasteiger partial charge in [0.1, 0.15) is 5.60 Å². The van der Waals surface area contributed by atoms with E-state index >= 15 is 0 Å². The molecule has 0 atom stereocenters. The Morgan fingerprint density at radius 3 is 2.20 bits per heavy atom. The van der Waals surface area contributed by atoms with Crippen LogP contribution in [0.15, 0.2) is 24.3 Å². The van der Waals surface area contributed by atoms with Crippen LogP contribution >= 0.6 is 0 Å². The molecule has 1 amide bonds. The van der Waals surface area contributed by atoms with Gasteiger partial charge in [-0.25, -0.2) is 0 Å². The van der Waals surface area contributed by atoms with Crippen LogP contribution < -0.4 is 10.6 Å². The summed E-state index contributed by atoms with van der Waals surface area (Å²) in [6.07, 6.45) is 0. The van der Waals surface area contributed by atoms with Gasteiger partial charge in [-0.05, 0) is 38.1 Å². The van der Waals surface area contributed by atoms with Crippen LogP contribution in [0.2, 0.25) is 0 Å². The summed E-state index contributed by atoms with van der Waals surface area (Å²) in [5, 5.41) is 0. The molecule has 0 unspecified atom stereocenters. The lowest BCUT2D eigenvalue weighted by atomic mass is 10.1. The maximum atomic E-state index is 12.3. The summed E-state index contributed by atoms with van der Waals surface area (Å²) in [6, 6.07) is 7.85. The summed E-state index contributed by atoms with van der Waals surface area (Å²) >= 11 is 0.